The maximum Gasteiger partial charge on any atom is 0.462 e. The molecule has 0 N–H and O–H groups in total. The zero-order valence-corrected chi connectivity index (χ0v) is 25.5. The molecule has 1 aliphatic rings. The third-order valence-electron chi connectivity index (χ3n) is 7.02. The highest BCUT2D eigenvalue weighted by molar-refractivity contribution is 5.80. The third kappa shape index (κ3) is 8.45. The molecule has 0 aromatic heterocycles. The SMILES string of the molecule is CCO[C@@H]1[C@@H](OC)[C@H](C)O[C@@H](ON=Cc2ccc(/C=C/c3ccc(C(F)(F)C(F)(F)OC(F)(F)C(F)(F)C(F)(F)F)cc3)cc2)[C@@H]1OC. The minimum atomic E-state index is -7.19. The molecule has 0 bridgehead atoms. The van der Waals surface area contributed by atoms with E-state index < -0.39 is 66.5 Å². The van der Waals surface area contributed by atoms with Crippen LogP contribution in [0.2, 0.25) is 0 Å². The summed E-state index contributed by atoms with van der Waals surface area (Å²) in [4.78, 5) is 5.52. The lowest BCUT2D eigenvalue weighted by Gasteiger charge is -2.42. The molecule has 1 aliphatic heterocycles. The number of methoxy groups -OCH3 is 2. The number of benzene rings is 2. The van der Waals surface area contributed by atoms with Crippen molar-refractivity contribution in [1.82, 2.24) is 0 Å². The van der Waals surface area contributed by atoms with E-state index >= 15 is 0 Å². The zero-order chi connectivity index (χ0) is 36.1. The predicted octanol–water partition coefficient (Wildman–Crippen LogP) is 7.88. The molecule has 0 aliphatic carbocycles. The fourth-order valence-corrected chi connectivity index (χ4v) is 4.48. The molecule has 3 rings (SSSR count). The summed E-state index contributed by atoms with van der Waals surface area (Å²) in [6, 6.07) is 8.91. The number of rotatable bonds is 14. The molecule has 1 fully saturated rings. The average Bonchev–Trinajstić information content (AvgIpc) is 3.00. The highest BCUT2D eigenvalue weighted by Gasteiger charge is 2.78. The molecule has 48 heavy (non-hydrogen) atoms. The van der Waals surface area contributed by atoms with Gasteiger partial charge in [-0.05, 0) is 30.5 Å². The third-order valence-corrected chi connectivity index (χ3v) is 7.02. The van der Waals surface area contributed by atoms with E-state index in [9.17, 15) is 48.3 Å². The Morgan fingerprint density at radius 3 is 1.69 bits per heavy atom. The van der Waals surface area contributed by atoms with Crippen LogP contribution in [0.3, 0.4) is 0 Å². The van der Waals surface area contributed by atoms with Gasteiger partial charge in [0.15, 0.2) is 6.10 Å². The summed E-state index contributed by atoms with van der Waals surface area (Å²) in [5, 5.41) is 3.96. The van der Waals surface area contributed by atoms with Crippen LogP contribution >= 0.6 is 0 Å². The Morgan fingerprint density at radius 2 is 1.21 bits per heavy atom. The lowest BCUT2D eigenvalue weighted by molar-refractivity contribution is -0.498. The molecule has 268 valence electrons. The van der Waals surface area contributed by atoms with Crippen molar-refractivity contribution in [2.75, 3.05) is 20.8 Å². The molecule has 0 spiro atoms. The lowest BCUT2D eigenvalue weighted by atomic mass is 9.99. The van der Waals surface area contributed by atoms with Crippen molar-refractivity contribution >= 4 is 18.4 Å². The molecule has 0 saturated carbocycles. The van der Waals surface area contributed by atoms with E-state index in [0.29, 0.717) is 29.9 Å². The number of nitrogens with zero attached hydrogens (tertiary/aromatic N) is 1. The Kier molecular flexibility index (Phi) is 12.3. The number of alkyl halides is 11. The second-order valence-electron chi connectivity index (χ2n) is 10.3. The van der Waals surface area contributed by atoms with Gasteiger partial charge in [0.2, 0.25) is 0 Å². The van der Waals surface area contributed by atoms with Crippen molar-refractivity contribution in [1.29, 1.82) is 0 Å². The normalized spacial score (nSPS) is 23.3. The molecule has 18 heteroatoms. The van der Waals surface area contributed by atoms with E-state index in [1.54, 1.807) is 31.2 Å². The van der Waals surface area contributed by atoms with Crippen molar-refractivity contribution in [3.63, 3.8) is 0 Å². The van der Waals surface area contributed by atoms with Gasteiger partial charge in [0.1, 0.15) is 12.2 Å². The topological polar surface area (TPSA) is 67.7 Å². The number of hydrogen-bond acceptors (Lipinski definition) is 7. The Bertz CT molecular complexity index is 1390. The van der Waals surface area contributed by atoms with Gasteiger partial charge in [-0.2, -0.15) is 48.3 Å². The molecule has 5 atom stereocenters. The summed E-state index contributed by atoms with van der Waals surface area (Å²) < 4.78 is 170. The van der Waals surface area contributed by atoms with E-state index in [1.165, 1.54) is 32.6 Å². The van der Waals surface area contributed by atoms with Crippen molar-refractivity contribution in [2.45, 2.75) is 74.8 Å². The summed E-state index contributed by atoms with van der Waals surface area (Å²) in [6.45, 7) is 4.01. The standard InChI is InChI=1S/C30H30F11NO6/c1-5-45-23-22(43-3)17(2)46-25(24(23)44-4)47-42-16-20-10-8-18(9-11-20)6-7-19-12-14-21(15-13-19)26(31,32)29(38,39)48-30(40,41)27(33,34)28(35,36)37/h6-17,22-25H,5H2,1-4H3/b7-6+,42-16?/t17-,22-,23+,24+,25-/m0/s1. The largest absolute Gasteiger partial charge is 0.462 e. The number of oxime groups is 1. The molecule has 7 nitrogen and oxygen atoms in total. The Labute approximate surface area is 267 Å². The molecular formula is C30H30F11NO6. The Hall–Kier alpha value is -3.32. The van der Waals surface area contributed by atoms with Crippen molar-refractivity contribution in [2.24, 2.45) is 5.16 Å². The van der Waals surface area contributed by atoms with Crippen molar-refractivity contribution in [3.05, 3.63) is 70.8 Å². The zero-order valence-electron chi connectivity index (χ0n) is 25.5. The highest BCUT2D eigenvalue weighted by Crippen LogP contribution is 2.53. The first-order valence-corrected chi connectivity index (χ1v) is 13.9. The lowest BCUT2D eigenvalue weighted by Crippen LogP contribution is -2.59. The van der Waals surface area contributed by atoms with Crippen LogP contribution in [0, 0.1) is 0 Å². The van der Waals surface area contributed by atoms with Gasteiger partial charge in [-0.1, -0.05) is 65.8 Å². The summed E-state index contributed by atoms with van der Waals surface area (Å²) in [5.74, 6) is -12.9. The fraction of sp³-hybridized carbons (Fsp3) is 0.500. The molecule has 1 heterocycles. The van der Waals surface area contributed by atoms with Crippen LogP contribution < -0.4 is 0 Å². The molecule has 1 saturated heterocycles. The highest BCUT2D eigenvalue weighted by atomic mass is 19.4. The van der Waals surface area contributed by atoms with Crippen LogP contribution in [0.4, 0.5) is 48.3 Å². The maximum atomic E-state index is 14.3. The second-order valence-corrected chi connectivity index (χ2v) is 10.3. The molecule has 2 aromatic rings. The van der Waals surface area contributed by atoms with Gasteiger partial charge >= 0.3 is 30.2 Å². The summed E-state index contributed by atoms with van der Waals surface area (Å²) in [6.07, 6.45) is -19.2. The minimum Gasteiger partial charge on any atom is -0.376 e. The maximum absolute atomic E-state index is 14.3. The second kappa shape index (κ2) is 15.1. The van der Waals surface area contributed by atoms with E-state index in [4.69, 9.17) is 23.8 Å². The Morgan fingerprint density at radius 1 is 0.708 bits per heavy atom. The van der Waals surface area contributed by atoms with Crippen LogP contribution in [-0.4, -0.2) is 82.1 Å². The summed E-state index contributed by atoms with van der Waals surface area (Å²) in [5.41, 5.74) is -0.389. The molecule has 0 radical (unpaired) electrons. The quantitative estimate of drug-likeness (QED) is 0.0861. The number of hydrogen-bond donors (Lipinski definition) is 0. The van der Waals surface area contributed by atoms with Crippen molar-refractivity contribution in [3.8, 4) is 0 Å². The van der Waals surface area contributed by atoms with Gasteiger partial charge in [-0.3, -0.25) is 0 Å². The molecule has 2 aromatic carbocycles. The number of halogens is 11. The molecule has 0 amide bonds. The fourth-order valence-electron chi connectivity index (χ4n) is 4.48. The molecular weight excluding hydrogens is 679 g/mol. The first-order chi connectivity index (χ1) is 22.2. The van der Waals surface area contributed by atoms with Gasteiger partial charge < -0.3 is 23.8 Å². The summed E-state index contributed by atoms with van der Waals surface area (Å²) in [7, 11) is 2.99. The van der Waals surface area contributed by atoms with E-state index in [0.717, 1.165) is 12.1 Å². The van der Waals surface area contributed by atoms with Gasteiger partial charge in [-0.15, -0.1) is 0 Å². The van der Waals surface area contributed by atoms with Gasteiger partial charge in [0, 0.05) is 26.4 Å². The monoisotopic (exact) mass is 709 g/mol. The van der Waals surface area contributed by atoms with Crippen LogP contribution in [0.15, 0.2) is 53.7 Å². The smallest absolute Gasteiger partial charge is 0.376 e. The first-order valence-electron chi connectivity index (χ1n) is 13.9. The van der Waals surface area contributed by atoms with Crippen molar-refractivity contribution < 1.29 is 76.8 Å². The van der Waals surface area contributed by atoms with Gasteiger partial charge in [0.25, 0.3) is 6.29 Å². The van der Waals surface area contributed by atoms with Crippen LogP contribution in [0.5, 0.6) is 0 Å². The van der Waals surface area contributed by atoms with Crippen LogP contribution in [0.1, 0.15) is 36.1 Å². The van der Waals surface area contributed by atoms with E-state index in [-0.39, 0.29) is 5.56 Å². The van der Waals surface area contributed by atoms with Gasteiger partial charge in [0.05, 0.1) is 12.3 Å². The van der Waals surface area contributed by atoms with E-state index in [2.05, 4.69) is 9.89 Å². The summed E-state index contributed by atoms with van der Waals surface area (Å²) >= 11 is 0. The van der Waals surface area contributed by atoms with E-state index in [1.807, 2.05) is 6.92 Å². The van der Waals surface area contributed by atoms with Crippen LogP contribution in [0.25, 0.3) is 12.2 Å². The molecule has 0 unspecified atom stereocenters. The van der Waals surface area contributed by atoms with Crippen LogP contribution in [-0.2, 0) is 34.4 Å². The first kappa shape index (κ1) is 39.1. The Balaban J connectivity index is 1.64. The minimum absolute atomic E-state index is 0.141. The average molecular weight is 710 g/mol. The number of ether oxygens (including phenoxy) is 5. The van der Waals surface area contributed by atoms with Gasteiger partial charge in [-0.25, -0.2) is 4.74 Å². The predicted molar refractivity (Wildman–Crippen MR) is 148 cm³/mol.